The van der Waals surface area contributed by atoms with E-state index in [1.165, 1.54) is 10.1 Å². The lowest BCUT2D eigenvalue weighted by Crippen LogP contribution is -2.53. The van der Waals surface area contributed by atoms with E-state index in [0.29, 0.717) is 62.4 Å². The van der Waals surface area contributed by atoms with Crippen molar-refractivity contribution in [2.45, 2.75) is 75.0 Å². The number of benzene rings is 4. The van der Waals surface area contributed by atoms with Gasteiger partial charge in [-0.15, -0.1) is 0 Å². The number of aliphatic imine (C=N–C) groups is 2. The maximum absolute atomic E-state index is 8.82. The number of hydroxylamine groups is 4. The van der Waals surface area contributed by atoms with Gasteiger partial charge in [-0.2, -0.15) is 0 Å². The molecule has 2 fully saturated rings. The molecule has 6 aliphatic rings. The van der Waals surface area contributed by atoms with E-state index < -0.39 is 29.8 Å². The van der Waals surface area contributed by atoms with Crippen LogP contribution in [0.2, 0.25) is 0 Å². The maximum Gasteiger partial charge on any atom is 0.488 e. The molecule has 0 bridgehead atoms. The Morgan fingerprint density at radius 3 is 1.70 bits per heavy atom. The monoisotopic (exact) mass is 942 g/mol. The van der Waals surface area contributed by atoms with Crippen molar-refractivity contribution in [2.24, 2.45) is 21.5 Å². The van der Waals surface area contributed by atoms with Crippen LogP contribution in [0, 0.1) is 0 Å². The van der Waals surface area contributed by atoms with Gasteiger partial charge in [0.1, 0.15) is 34.2 Å². The molecule has 4 aromatic carbocycles. The zero-order valence-corrected chi connectivity index (χ0v) is 38.2. The molecule has 64 heavy (non-hydrogen) atoms. The molecule has 2 saturated heterocycles. The van der Waals surface area contributed by atoms with Crippen LogP contribution in [-0.4, -0.2) is 104 Å². The number of hydrogen-bond donors (Lipinski definition) is 4. The number of rotatable bonds is 6. The second-order valence-corrected chi connectivity index (χ2v) is 17.5. The van der Waals surface area contributed by atoms with Gasteiger partial charge in [0.2, 0.25) is 23.4 Å². The molecular weight excluding hydrogens is 887 g/mol. The van der Waals surface area contributed by atoms with Gasteiger partial charge in [0.15, 0.2) is 0 Å². The summed E-state index contributed by atoms with van der Waals surface area (Å²) in [6.45, 7) is 7.66. The molecule has 340 valence electrons. The molecule has 6 heterocycles. The Morgan fingerprint density at radius 1 is 0.688 bits per heavy atom. The molecule has 4 aromatic rings. The van der Waals surface area contributed by atoms with Crippen LogP contribution in [-0.2, 0) is 30.6 Å². The molecule has 0 aliphatic carbocycles. The van der Waals surface area contributed by atoms with Crippen molar-refractivity contribution >= 4 is 40.4 Å². The quantitative estimate of drug-likeness (QED) is 0.181. The van der Waals surface area contributed by atoms with Crippen molar-refractivity contribution < 1.29 is 48.1 Å². The van der Waals surface area contributed by atoms with Crippen LogP contribution >= 0.6 is 15.9 Å². The average Bonchev–Trinajstić information content (AvgIpc) is 3.73. The Labute approximate surface area is 382 Å². The van der Waals surface area contributed by atoms with Crippen LogP contribution in [0.5, 0.6) is 23.0 Å². The van der Waals surface area contributed by atoms with E-state index in [-0.39, 0.29) is 0 Å². The average molecular weight is 944 g/mol. The normalized spacial score (nSPS) is 26.4. The topological polar surface area (TPSA) is 198 Å². The maximum atomic E-state index is 8.82. The molecule has 0 aromatic heterocycles. The van der Waals surface area contributed by atoms with Crippen LogP contribution in [0.1, 0.15) is 63.5 Å². The molecule has 0 amide bonds. The molecule has 10 rings (SSSR count). The van der Waals surface area contributed by atoms with Gasteiger partial charge in [-0.1, -0.05) is 46.3 Å². The largest absolute Gasteiger partial charge is 0.494 e. The van der Waals surface area contributed by atoms with Crippen molar-refractivity contribution in [3.63, 3.8) is 0 Å². The summed E-state index contributed by atoms with van der Waals surface area (Å²) in [6, 6.07) is 26.8. The molecule has 0 radical (unpaired) electrons. The molecule has 0 saturated carbocycles. The highest BCUT2D eigenvalue weighted by Gasteiger charge is 2.56. The Bertz CT molecular complexity index is 2360. The zero-order chi connectivity index (χ0) is 45.1. The van der Waals surface area contributed by atoms with E-state index in [4.69, 9.17) is 64.6 Å². The van der Waals surface area contributed by atoms with E-state index >= 15 is 0 Å². The highest BCUT2D eigenvalue weighted by atomic mass is 79.9. The Balaban J connectivity index is 0.000000144. The molecule has 4 unspecified atom stereocenters. The van der Waals surface area contributed by atoms with Gasteiger partial charge in [-0.05, 0) is 111 Å². The first-order valence-electron chi connectivity index (χ1n) is 21.6. The SMILES string of the molecule is CCOc1cccc(-c2ccc3c(c2)C2(CC4(CCCOC4)O3)N=C(N)N(C)O2)c1.CCOc1cccc(B(O)O)c1.CN1OC2(CC3(CCCOC3)Oc3ccc(Br)cc32)N=C1N. The second kappa shape index (κ2) is 18.8. The van der Waals surface area contributed by atoms with E-state index in [9.17, 15) is 0 Å². The zero-order valence-electron chi connectivity index (χ0n) is 36.6. The molecule has 16 nitrogen and oxygen atoms in total. The molecule has 4 spiro atoms. The highest BCUT2D eigenvalue weighted by molar-refractivity contribution is 9.10. The van der Waals surface area contributed by atoms with E-state index in [1.54, 1.807) is 38.4 Å². The summed E-state index contributed by atoms with van der Waals surface area (Å²) >= 11 is 3.51. The third kappa shape index (κ3) is 9.50. The van der Waals surface area contributed by atoms with Crippen LogP contribution in [0.25, 0.3) is 11.1 Å². The summed E-state index contributed by atoms with van der Waals surface area (Å²) in [5, 5.41) is 20.7. The van der Waals surface area contributed by atoms with Gasteiger partial charge in [-0.3, -0.25) is 0 Å². The number of halogens is 1. The van der Waals surface area contributed by atoms with Gasteiger partial charge in [-0.25, -0.2) is 29.8 Å². The first kappa shape index (κ1) is 45.5. The van der Waals surface area contributed by atoms with Gasteiger partial charge in [0, 0.05) is 44.6 Å². The third-order valence-corrected chi connectivity index (χ3v) is 12.4. The number of nitrogens with zero attached hydrogens (tertiary/aromatic N) is 4. The van der Waals surface area contributed by atoms with Crippen molar-refractivity contribution in [1.29, 1.82) is 0 Å². The van der Waals surface area contributed by atoms with E-state index in [2.05, 4.69) is 39.1 Å². The summed E-state index contributed by atoms with van der Waals surface area (Å²) in [4.78, 5) is 21.7. The second-order valence-electron chi connectivity index (χ2n) is 16.6. The van der Waals surface area contributed by atoms with Crippen LogP contribution in [0.3, 0.4) is 0 Å². The molecular formula is C46H56BBrN6O10. The molecule has 18 heteroatoms. The third-order valence-electron chi connectivity index (χ3n) is 11.9. The van der Waals surface area contributed by atoms with Crippen molar-refractivity contribution in [1.82, 2.24) is 10.1 Å². The smallest absolute Gasteiger partial charge is 0.488 e. The fourth-order valence-corrected chi connectivity index (χ4v) is 9.38. The lowest BCUT2D eigenvalue weighted by molar-refractivity contribution is -0.216. The molecule has 6 aliphatic heterocycles. The minimum absolute atomic E-state index is 0.360. The first-order valence-corrected chi connectivity index (χ1v) is 22.4. The fraction of sp³-hybridized carbons (Fsp3) is 0.435. The summed E-state index contributed by atoms with van der Waals surface area (Å²) in [6.07, 6.45) is 4.89. The van der Waals surface area contributed by atoms with Crippen molar-refractivity contribution in [2.75, 3.05) is 53.7 Å². The predicted octanol–water partition coefficient (Wildman–Crippen LogP) is 5.32. The Morgan fingerprint density at radius 2 is 1.20 bits per heavy atom. The van der Waals surface area contributed by atoms with Gasteiger partial charge < -0.3 is 49.9 Å². The number of guanidine groups is 2. The van der Waals surface area contributed by atoms with E-state index in [0.717, 1.165) is 82.9 Å². The van der Waals surface area contributed by atoms with Gasteiger partial charge in [0.25, 0.3) is 0 Å². The Hall–Kier alpha value is -5.08. The molecule has 6 N–H and O–H groups in total. The number of nitrogens with two attached hydrogens (primary N) is 2. The van der Waals surface area contributed by atoms with Gasteiger partial charge in [0.05, 0.1) is 37.6 Å². The summed E-state index contributed by atoms with van der Waals surface area (Å²) < 4.78 is 36.1. The van der Waals surface area contributed by atoms with Crippen molar-refractivity contribution in [3.05, 3.63) is 101 Å². The molecule has 4 atom stereocenters. The van der Waals surface area contributed by atoms with Crippen LogP contribution < -0.4 is 35.9 Å². The summed E-state index contributed by atoms with van der Waals surface area (Å²) in [5.41, 5.74) is 13.8. The first-order chi connectivity index (χ1) is 30.8. The summed E-state index contributed by atoms with van der Waals surface area (Å²) in [5.74, 6) is 3.78. The van der Waals surface area contributed by atoms with Crippen LogP contribution in [0.4, 0.5) is 0 Å². The minimum atomic E-state index is -1.43. The van der Waals surface area contributed by atoms with Crippen molar-refractivity contribution in [3.8, 4) is 34.1 Å². The number of fused-ring (bicyclic) bond motifs is 4. The van der Waals surface area contributed by atoms with E-state index in [1.807, 2.05) is 56.3 Å². The predicted molar refractivity (Wildman–Crippen MR) is 245 cm³/mol. The lowest BCUT2D eigenvalue weighted by Gasteiger charge is -2.46. The van der Waals surface area contributed by atoms with Gasteiger partial charge >= 0.3 is 7.12 Å². The highest BCUT2D eigenvalue weighted by Crippen LogP contribution is 2.53. The fourth-order valence-electron chi connectivity index (χ4n) is 9.02. The number of ether oxygens (including phenoxy) is 6. The van der Waals surface area contributed by atoms with Crippen LogP contribution in [0.15, 0.2) is 99.4 Å². The summed E-state index contributed by atoms with van der Waals surface area (Å²) in [7, 11) is 2.12. The standard InChI is InChI=1S/C23H27N3O4.C15H18BrN3O3.C8H11BO3/c1-3-28-18-7-4-6-16(12-18)17-8-9-20-19(13-17)23(25-21(24)26(2)30-23)14-22(29-20)10-5-11-27-15-22;1-19-13(17)18-15(22-19)8-14(5-2-6-20-9-14)21-12-4-3-10(16)7-11(12)15;1-2-12-8-5-3-4-7(6-8)9(10)11/h4,6-9,12-13H,3,5,10-11,14-15H2,1-2H3,(H2,24,25);3-4,7H,2,5-6,8-9H2,1H3,(H2,17,18);3-6,10-11H,2H2,1H3. The minimum Gasteiger partial charge on any atom is -0.494 e. The number of hydrogen-bond acceptors (Lipinski definition) is 16. The lowest BCUT2D eigenvalue weighted by atomic mass is 9.80. The Kier molecular flexibility index (Phi) is 13.4.